The van der Waals surface area contributed by atoms with Gasteiger partial charge in [-0.05, 0) is 43.3 Å². The van der Waals surface area contributed by atoms with Gasteiger partial charge >= 0.3 is 16.4 Å². The van der Waals surface area contributed by atoms with Crippen LogP contribution in [0.25, 0.3) is 0 Å². The molecule has 0 bridgehead atoms. The molecule has 1 N–H and O–H groups in total. The number of benzene rings is 2. The molecule has 32 heavy (non-hydrogen) atoms. The zero-order valence-electron chi connectivity index (χ0n) is 15.8. The molecule has 2 aromatic carbocycles. The first-order valence-electron chi connectivity index (χ1n) is 8.32. The highest BCUT2D eigenvalue weighted by molar-refractivity contribution is 8.45. The third kappa shape index (κ3) is 6.17. The predicted molar refractivity (Wildman–Crippen MR) is 101 cm³/mol. The van der Waals surface area contributed by atoms with Crippen molar-refractivity contribution in [2.24, 2.45) is 0 Å². The lowest BCUT2D eigenvalue weighted by molar-refractivity contribution is -0.138. The highest BCUT2D eigenvalue weighted by Crippen LogP contribution is 3.02. The Kier molecular flexibility index (Phi) is 5.92. The molecule has 0 fully saturated rings. The van der Waals surface area contributed by atoms with E-state index in [0.717, 1.165) is 25.1 Å². The van der Waals surface area contributed by atoms with E-state index in [0.29, 0.717) is 12.1 Å². The van der Waals surface area contributed by atoms with Gasteiger partial charge in [-0.25, -0.2) is 0 Å². The van der Waals surface area contributed by atoms with Gasteiger partial charge in [0, 0.05) is 5.56 Å². The molecular formula is C18H13ClF8N2O2S. The van der Waals surface area contributed by atoms with Gasteiger partial charge < -0.3 is 10.1 Å². The number of carbonyl (C=O) groups is 1. The van der Waals surface area contributed by atoms with E-state index in [2.05, 4.69) is 5.32 Å². The van der Waals surface area contributed by atoms with Gasteiger partial charge in [-0.2, -0.15) is 18.4 Å². The first-order chi connectivity index (χ1) is 14.3. The Bertz CT molecular complexity index is 1080. The molecule has 14 heteroatoms. The maximum Gasteiger partial charge on any atom is 0.421 e. The number of halogens is 9. The van der Waals surface area contributed by atoms with Crippen LogP contribution in [0.15, 0.2) is 47.4 Å². The highest BCUT2D eigenvalue weighted by Gasteiger charge is 2.65. The molecule has 0 aliphatic heterocycles. The number of hydrogen-bond donors (Lipinski definition) is 1. The Morgan fingerprint density at radius 3 is 2.12 bits per heavy atom. The number of nitriles is 1. The summed E-state index contributed by atoms with van der Waals surface area (Å²) in [7, 11) is -9.94. The van der Waals surface area contributed by atoms with E-state index >= 15 is 0 Å². The summed E-state index contributed by atoms with van der Waals surface area (Å²) in [6.45, 7) is 0.272. The molecule has 4 nitrogen and oxygen atoms in total. The van der Waals surface area contributed by atoms with Crippen molar-refractivity contribution in [3.05, 3.63) is 58.6 Å². The highest BCUT2D eigenvalue weighted by atomic mass is 35.5. The molecule has 2 rings (SSSR count). The Hall–Kier alpha value is -2.72. The van der Waals surface area contributed by atoms with Crippen LogP contribution in [-0.2, 0) is 6.18 Å². The lowest BCUT2D eigenvalue weighted by atomic mass is 10.0. The Morgan fingerprint density at radius 2 is 1.66 bits per heavy atom. The molecule has 0 aliphatic rings. The number of ether oxygens (including phenoxy) is 1. The number of rotatable bonds is 6. The van der Waals surface area contributed by atoms with E-state index in [9.17, 15) is 42.7 Å². The summed E-state index contributed by atoms with van der Waals surface area (Å²) in [6, 6.07) is 5.64. The lowest BCUT2D eigenvalue weighted by Gasteiger charge is -2.40. The van der Waals surface area contributed by atoms with Gasteiger partial charge in [0.05, 0.1) is 11.1 Å². The average molecular weight is 509 g/mol. The average Bonchev–Trinajstić information content (AvgIpc) is 2.63. The van der Waals surface area contributed by atoms with Crippen LogP contribution in [0, 0.1) is 11.3 Å². The summed E-state index contributed by atoms with van der Waals surface area (Å²) >= 11 is 5.56. The van der Waals surface area contributed by atoms with E-state index in [1.165, 1.54) is 0 Å². The molecule has 2 aromatic rings. The van der Waals surface area contributed by atoms with E-state index in [1.807, 2.05) is 0 Å². The van der Waals surface area contributed by atoms with Crippen LogP contribution in [0.4, 0.5) is 32.6 Å². The van der Waals surface area contributed by atoms with Crippen molar-refractivity contribution in [1.29, 1.82) is 5.26 Å². The van der Waals surface area contributed by atoms with Crippen LogP contribution in [0.1, 0.15) is 22.8 Å². The van der Waals surface area contributed by atoms with Gasteiger partial charge in [0.15, 0.2) is 5.54 Å². The fourth-order valence-electron chi connectivity index (χ4n) is 2.40. The molecule has 1 atom stereocenters. The van der Waals surface area contributed by atoms with E-state index in [-0.39, 0.29) is 12.1 Å². The van der Waals surface area contributed by atoms with Crippen LogP contribution < -0.4 is 10.1 Å². The standard InChI is InChI=1S/C18H13ClF8N2O2S/c1-17(9-28,10-31-14-4-2-3-13(19)15(14)18(20,21)22)29-16(30)11-5-7-12(8-6-11)32(23,24,25,26)27/h2-8H,10H2,1H3,(H,29,30). The minimum Gasteiger partial charge on any atom is -0.489 e. The summed E-state index contributed by atoms with van der Waals surface area (Å²) in [5.74, 6) is -1.87. The normalized spacial score (nSPS) is 16.2. The molecule has 176 valence electrons. The largest absolute Gasteiger partial charge is 0.489 e. The maximum atomic E-state index is 13.2. The number of hydrogen-bond acceptors (Lipinski definition) is 3. The molecular weight excluding hydrogens is 496 g/mol. The molecule has 0 spiro atoms. The first kappa shape index (κ1) is 25.5. The minimum absolute atomic E-state index is 0.0122. The SMILES string of the molecule is CC(C#N)(COc1cccc(Cl)c1C(F)(F)F)NC(=O)c1ccc(S(F)(F)(F)(F)F)cc1. The molecule has 0 heterocycles. The summed E-state index contributed by atoms with van der Waals surface area (Å²) in [5, 5.41) is 10.7. The second kappa shape index (κ2) is 7.41. The Labute approximate surface area is 181 Å². The van der Waals surface area contributed by atoms with Crippen LogP contribution in [-0.4, -0.2) is 18.1 Å². The maximum absolute atomic E-state index is 13.2. The summed E-state index contributed by atoms with van der Waals surface area (Å²) in [5.41, 5.74) is -3.75. The van der Waals surface area contributed by atoms with E-state index in [4.69, 9.17) is 16.3 Å². The lowest BCUT2D eigenvalue weighted by Crippen LogP contribution is -2.49. The van der Waals surface area contributed by atoms with Crippen LogP contribution in [0.2, 0.25) is 5.02 Å². The van der Waals surface area contributed by atoms with Crippen molar-refractivity contribution < 1.29 is 42.1 Å². The molecule has 0 saturated carbocycles. The Morgan fingerprint density at radius 1 is 1.09 bits per heavy atom. The van der Waals surface area contributed by atoms with Crippen LogP contribution in [0.3, 0.4) is 0 Å². The van der Waals surface area contributed by atoms with E-state index < -0.39 is 61.2 Å². The topological polar surface area (TPSA) is 62.1 Å². The van der Waals surface area contributed by atoms with Gasteiger partial charge in [0.2, 0.25) is 0 Å². The fraction of sp³-hybridized carbons (Fsp3) is 0.222. The van der Waals surface area contributed by atoms with Crippen molar-refractivity contribution in [2.45, 2.75) is 23.5 Å². The summed E-state index contributed by atoms with van der Waals surface area (Å²) in [6.07, 6.45) is -4.88. The van der Waals surface area contributed by atoms with Gasteiger partial charge in [0.1, 0.15) is 22.8 Å². The number of carbonyl (C=O) groups excluding carboxylic acids is 1. The first-order valence-corrected chi connectivity index (χ1v) is 10.7. The van der Waals surface area contributed by atoms with Crippen molar-refractivity contribution >= 4 is 27.7 Å². The van der Waals surface area contributed by atoms with Crippen molar-refractivity contribution in [3.63, 3.8) is 0 Å². The molecule has 1 unspecified atom stereocenters. The van der Waals surface area contributed by atoms with Crippen molar-refractivity contribution in [3.8, 4) is 11.8 Å². The molecule has 0 radical (unpaired) electrons. The fourth-order valence-corrected chi connectivity index (χ4v) is 3.33. The Balaban J connectivity index is 2.21. The van der Waals surface area contributed by atoms with E-state index in [1.54, 1.807) is 6.07 Å². The zero-order chi connectivity index (χ0) is 24.7. The predicted octanol–water partition coefficient (Wildman–Crippen LogP) is 7.11. The molecule has 0 aliphatic carbocycles. The third-order valence-electron chi connectivity index (χ3n) is 3.97. The zero-order valence-corrected chi connectivity index (χ0v) is 17.4. The number of nitrogens with one attached hydrogen (secondary N) is 1. The second-order valence-corrected chi connectivity index (χ2v) is 9.61. The summed E-state index contributed by atoms with van der Waals surface area (Å²) < 4.78 is 108. The monoisotopic (exact) mass is 508 g/mol. The van der Waals surface area contributed by atoms with Crippen molar-refractivity contribution in [2.75, 3.05) is 6.61 Å². The number of amides is 1. The van der Waals surface area contributed by atoms with Gasteiger partial charge in [0.25, 0.3) is 5.91 Å². The third-order valence-corrected chi connectivity index (χ3v) is 5.45. The van der Waals surface area contributed by atoms with Crippen LogP contribution >= 0.6 is 21.8 Å². The number of nitrogens with zero attached hydrogens (tertiary/aromatic N) is 1. The number of alkyl halides is 3. The van der Waals surface area contributed by atoms with Gasteiger partial charge in [-0.3, -0.25) is 4.79 Å². The minimum atomic E-state index is -9.94. The summed E-state index contributed by atoms with van der Waals surface area (Å²) in [4.78, 5) is 10.0. The molecule has 0 saturated heterocycles. The second-order valence-electron chi connectivity index (χ2n) is 6.79. The van der Waals surface area contributed by atoms with Gasteiger partial charge in [-0.15, -0.1) is 0 Å². The quantitative estimate of drug-likeness (QED) is 0.423. The van der Waals surface area contributed by atoms with Crippen LogP contribution in [0.5, 0.6) is 5.75 Å². The smallest absolute Gasteiger partial charge is 0.421 e. The van der Waals surface area contributed by atoms with Crippen molar-refractivity contribution in [1.82, 2.24) is 5.32 Å². The van der Waals surface area contributed by atoms with Gasteiger partial charge in [-0.1, -0.05) is 37.1 Å². The molecule has 0 aromatic heterocycles. The molecule has 1 amide bonds.